The minimum absolute atomic E-state index is 0.238. The molecule has 0 fully saturated rings. The van der Waals surface area contributed by atoms with Crippen molar-refractivity contribution in [1.82, 2.24) is 5.32 Å². The van der Waals surface area contributed by atoms with E-state index in [1.807, 2.05) is 54.6 Å². The second-order valence-electron chi connectivity index (χ2n) is 5.72. The largest absolute Gasteiger partial charge is 0.489 e. The van der Waals surface area contributed by atoms with Gasteiger partial charge in [0.1, 0.15) is 12.4 Å². The van der Waals surface area contributed by atoms with Gasteiger partial charge in [0.2, 0.25) is 0 Å². The molecule has 0 bridgehead atoms. The number of anilines is 1. The number of halogens is 1. The second kappa shape index (κ2) is 9.30. The molecule has 2 N–H and O–H groups in total. The Morgan fingerprint density at radius 2 is 1.70 bits per heavy atom. The highest BCUT2D eigenvalue weighted by atomic mass is 79.9. The van der Waals surface area contributed by atoms with Gasteiger partial charge in [0.25, 0.3) is 5.91 Å². The summed E-state index contributed by atoms with van der Waals surface area (Å²) < 4.78 is 6.65. The van der Waals surface area contributed by atoms with Crippen LogP contribution in [0.15, 0.2) is 83.3 Å². The van der Waals surface area contributed by atoms with Crippen molar-refractivity contribution in [2.75, 3.05) is 5.32 Å². The van der Waals surface area contributed by atoms with Gasteiger partial charge in [-0.05, 0) is 60.2 Å². The van der Waals surface area contributed by atoms with Gasteiger partial charge < -0.3 is 10.1 Å². The van der Waals surface area contributed by atoms with Crippen LogP contribution in [-0.2, 0) is 6.61 Å². The Kier molecular flexibility index (Phi) is 6.57. The highest BCUT2D eigenvalue weighted by Gasteiger charge is 2.08. The maximum Gasteiger partial charge on any atom is 0.257 e. The molecule has 0 unspecified atom stereocenters. The van der Waals surface area contributed by atoms with Crippen LogP contribution in [0.3, 0.4) is 0 Å². The topological polar surface area (TPSA) is 50.4 Å². The van der Waals surface area contributed by atoms with Crippen molar-refractivity contribution in [3.05, 3.63) is 94.5 Å². The van der Waals surface area contributed by atoms with E-state index in [9.17, 15) is 4.79 Å². The lowest BCUT2D eigenvalue weighted by atomic mass is 10.2. The number of rotatable bonds is 5. The number of amides is 1. The van der Waals surface area contributed by atoms with E-state index in [1.54, 1.807) is 24.3 Å². The second-order valence-corrected chi connectivity index (χ2v) is 7.04. The fourth-order valence-electron chi connectivity index (χ4n) is 2.35. The third-order valence-corrected chi connectivity index (χ3v) is 4.37. The molecule has 3 aromatic carbocycles. The van der Waals surface area contributed by atoms with Crippen molar-refractivity contribution in [1.29, 1.82) is 0 Å². The zero-order valence-electron chi connectivity index (χ0n) is 14.3. The van der Waals surface area contributed by atoms with E-state index in [0.29, 0.717) is 17.9 Å². The average molecular weight is 441 g/mol. The molecular formula is C21H17BrN2O2S. The number of thiocarbonyl (C=S) groups is 1. The molecule has 136 valence electrons. The van der Waals surface area contributed by atoms with E-state index in [4.69, 9.17) is 17.0 Å². The van der Waals surface area contributed by atoms with Crippen molar-refractivity contribution < 1.29 is 9.53 Å². The molecule has 0 saturated heterocycles. The quantitative estimate of drug-likeness (QED) is 0.538. The Hall–Kier alpha value is -2.70. The molecule has 0 aliphatic carbocycles. The fraction of sp³-hybridized carbons (Fsp3) is 0.0476. The van der Waals surface area contributed by atoms with Crippen LogP contribution in [0.1, 0.15) is 15.9 Å². The molecule has 0 radical (unpaired) electrons. The van der Waals surface area contributed by atoms with E-state index in [2.05, 4.69) is 26.6 Å². The van der Waals surface area contributed by atoms with E-state index < -0.39 is 0 Å². The van der Waals surface area contributed by atoms with E-state index in [0.717, 1.165) is 15.7 Å². The molecule has 0 heterocycles. The van der Waals surface area contributed by atoms with Crippen LogP contribution in [0, 0.1) is 0 Å². The first-order valence-corrected chi connectivity index (χ1v) is 9.45. The Morgan fingerprint density at radius 3 is 2.41 bits per heavy atom. The van der Waals surface area contributed by atoms with Crippen molar-refractivity contribution in [2.24, 2.45) is 0 Å². The van der Waals surface area contributed by atoms with Crippen LogP contribution in [-0.4, -0.2) is 11.0 Å². The van der Waals surface area contributed by atoms with Gasteiger partial charge in [-0.15, -0.1) is 0 Å². The summed E-state index contributed by atoms with van der Waals surface area (Å²) in [6.07, 6.45) is 0. The average Bonchev–Trinajstić information content (AvgIpc) is 2.67. The Morgan fingerprint density at radius 1 is 0.963 bits per heavy atom. The number of ether oxygens (including phenoxy) is 1. The molecule has 3 rings (SSSR count). The van der Waals surface area contributed by atoms with Crippen molar-refractivity contribution in [2.45, 2.75) is 6.61 Å². The fourth-order valence-corrected chi connectivity index (χ4v) is 2.96. The highest BCUT2D eigenvalue weighted by Crippen LogP contribution is 2.16. The summed E-state index contributed by atoms with van der Waals surface area (Å²) >= 11 is 8.59. The number of carbonyl (C=O) groups excluding carboxylic acids is 1. The van der Waals surface area contributed by atoms with Gasteiger partial charge in [0.05, 0.1) is 0 Å². The Balaban J connectivity index is 1.53. The van der Waals surface area contributed by atoms with Crippen molar-refractivity contribution >= 4 is 44.9 Å². The molecule has 0 aliphatic rings. The summed E-state index contributed by atoms with van der Waals surface area (Å²) in [6, 6.07) is 24.4. The number of hydrogen-bond acceptors (Lipinski definition) is 3. The SMILES string of the molecule is O=C(NC(=S)Nc1cccc(Br)c1)c1ccc(OCc2ccccc2)cc1. The summed E-state index contributed by atoms with van der Waals surface area (Å²) in [5.41, 5.74) is 2.38. The minimum Gasteiger partial charge on any atom is -0.489 e. The first-order chi connectivity index (χ1) is 13.1. The third kappa shape index (κ3) is 5.91. The summed E-state index contributed by atoms with van der Waals surface area (Å²) in [7, 11) is 0. The normalized spacial score (nSPS) is 10.1. The van der Waals surface area contributed by atoms with Crippen LogP contribution in [0.4, 0.5) is 5.69 Å². The first-order valence-electron chi connectivity index (χ1n) is 8.25. The molecule has 27 heavy (non-hydrogen) atoms. The number of hydrogen-bond donors (Lipinski definition) is 2. The maximum absolute atomic E-state index is 12.3. The standard InChI is InChI=1S/C21H17BrN2O2S/c22-17-7-4-8-18(13-17)23-21(27)24-20(25)16-9-11-19(12-10-16)26-14-15-5-2-1-3-6-15/h1-13H,14H2,(H2,23,24,25,27). The minimum atomic E-state index is -0.280. The third-order valence-electron chi connectivity index (χ3n) is 3.67. The van der Waals surface area contributed by atoms with Crippen LogP contribution in [0.25, 0.3) is 0 Å². The van der Waals surface area contributed by atoms with Crippen LogP contribution >= 0.6 is 28.1 Å². The van der Waals surface area contributed by atoms with Crippen LogP contribution in [0.5, 0.6) is 5.75 Å². The molecule has 0 aromatic heterocycles. The molecule has 3 aromatic rings. The molecule has 0 atom stereocenters. The maximum atomic E-state index is 12.3. The Labute approximate surface area is 171 Å². The van der Waals surface area contributed by atoms with Gasteiger partial charge >= 0.3 is 0 Å². The van der Waals surface area contributed by atoms with Crippen LogP contribution in [0.2, 0.25) is 0 Å². The van der Waals surface area contributed by atoms with Crippen LogP contribution < -0.4 is 15.4 Å². The smallest absolute Gasteiger partial charge is 0.257 e. The monoisotopic (exact) mass is 440 g/mol. The van der Waals surface area contributed by atoms with E-state index in [-0.39, 0.29) is 11.0 Å². The summed E-state index contributed by atoms with van der Waals surface area (Å²) in [6.45, 7) is 0.479. The lowest BCUT2D eigenvalue weighted by molar-refractivity contribution is 0.0977. The molecule has 6 heteroatoms. The molecule has 0 spiro atoms. The van der Waals surface area contributed by atoms with E-state index >= 15 is 0 Å². The number of benzene rings is 3. The summed E-state index contributed by atoms with van der Waals surface area (Å²) in [4.78, 5) is 12.3. The van der Waals surface area contributed by atoms with Gasteiger partial charge in [0.15, 0.2) is 5.11 Å². The highest BCUT2D eigenvalue weighted by molar-refractivity contribution is 9.10. The van der Waals surface area contributed by atoms with Gasteiger partial charge in [-0.3, -0.25) is 10.1 Å². The molecular weight excluding hydrogens is 424 g/mol. The van der Waals surface area contributed by atoms with E-state index in [1.165, 1.54) is 0 Å². The van der Waals surface area contributed by atoms with Gasteiger partial charge in [-0.2, -0.15) is 0 Å². The lowest BCUT2D eigenvalue weighted by Gasteiger charge is -2.10. The van der Waals surface area contributed by atoms with Crippen molar-refractivity contribution in [3.8, 4) is 5.75 Å². The summed E-state index contributed by atoms with van der Waals surface area (Å²) in [5, 5.41) is 5.88. The zero-order valence-corrected chi connectivity index (χ0v) is 16.7. The molecule has 1 amide bonds. The predicted octanol–water partition coefficient (Wildman–Crippen LogP) is 5.15. The number of nitrogens with one attached hydrogen (secondary N) is 2. The first kappa shape index (κ1) is 19.1. The molecule has 0 aliphatic heterocycles. The number of carbonyl (C=O) groups is 1. The molecule has 4 nitrogen and oxygen atoms in total. The van der Waals surface area contributed by atoms with Crippen molar-refractivity contribution in [3.63, 3.8) is 0 Å². The summed E-state index contributed by atoms with van der Waals surface area (Å²) in [5.74, 6) is 0.419. The predicted molar refractivity (Wildman–Crippen MR) is 115 cm³/mol. The zero-order chi connectivity index (χ0) is 19.1. The van der Waals surface area contributed by atoms with Gasteiger partial charge in [-0.1, -0.05) is 52.3 Å². The lowest BCUT2D eigenvalue weighted by Crippen LogP contribution is -2.34. The van der Waals surface area contributed by atoms with Gasteiger partial charge in [-0.25, -0.2) is 0 Å². The Bertz CT molecular complexity index is 930. The molecule has 0 saturated carbocycles. The van der Waals surface area contributed by atoms with Gasteiger partial charge in [0, 0.05) is 15.7 Å².